The highest BCUT2D eigenvalue weighted by molar-refractivity contribution is 5.94. The topological polar surface area (TPSA) is 76.0 Å². The Morgan fingerprint density at radius 3 is 2.55 bits per heavy atom. The van der Waals surface area contributed by atoms with Crippen LogP contribution in [0.2, 0.25) is 0 Å². The maximum Gasteiger partial charge on any atom is 0.251 e. The number of hydrogen-bond donors (Lipinski definition) is 2. The molecule has 0 fully saturated rings. The summed E-state index contributed by atoms with van der Waals surface area (Å²) < 4.78 is 1.98. The van der Waals surface area contributed by atoms with Gasteiger partial charge in [-0.15, -0.1) is 0 Å². The lowest BCUT2D eigenvalue weighted by Gasteiger charge is -2.14. The first kappa shape index (κ1) is 20.6. The van der Waals surface area contributed by atoms with Gasteiger partial charge in [-0.1, -0.05) is 37.3 Å². The number of imidazole rings is 1. The van der Waals surface area contributed by atoms with E-state index in [1.165, 1.54) is 0 Å². The first-order valence-corrected chi connectivity index (χ1v) is 10.1. The molecule has 0 saturated carbocycles. The average molecular weight is 393 g/mol. The minimum atomic E-state index is -0.0768. The normalized spacial score (nSPS) is 11.9. The Bertz CT molecular complexity index is 965. The van der Waals surface area contributed by atoms with E-state index in [9.17, 15) is 9.59 Å². The highest BCUT2D eigenvalue weighted by Crippen LogP contribution is 2.17. The second kappa shape index (κ2) is 9.87. The van der Waals surface area contributed by atoms with Crippen molar-refractivity contribution in [2.24, 2.45) is 0 Å². The lowest BCUT2D eigenvalue weighted by atomic mass is 10.2. The third kappa shape index (κ3) is 5.44. The summed E-state index contributed by atoms with van der Waals surface area (Å²) >= 11 is 0. The van der Waals surface area contributed by atoms with Crippen LogP contribution >= 0.6 is 0 Å². The number of hydrogen-bond acceptors (Lipinski definition) is 3. The smallest absolute Gasteiger partial charge is 0.251 e. The quantitative estimate of drug-likeness (QED) is 0.549. The molecule has 3 rings (SSSR count). The first-order valence-electron chi connectivity index (χ1n) is 10.1. The molecule has 0 radical (unpaired) electrons. The van der Waals surface area contributed by atoms with Crippen LogP contribution in [0, 0.1) is 0 Å². The van der Waals surface area contributed by atoms with Crippen molar-refractivity contribution in [1.82, 2.24) is 20.2 Å². The molecule has 2 amide bonds. The number of nitrogens with zero attached hydrogens (tertiary/aromatic N) is 2. The van der Waals surface area contributed by atoms with E-state index in [1.54, 1.807) is 12.1 Å². The van der Waals surface area contributed by atoms with E-state index >= 15 is 0 Å². The number of benzene rings is 2. The van der Waals surface area contributed by atoms with E-state index in [1.807, 2.05) is 60.9 Å². The van der Waals surface area contributed by atoms with Crippen LogP contribution in [0.5, 0.6) is 0 Å². The van der Waals surface area contributed by atoms with Gasteiger partial charge in [0, 0.05) is 24.6 Å². The molecular weight excluding hydrogens is 364 g/mol. The van der Waals surface area contributed by atoms with Gasteiger partial charge in [0.2, 0.25) is 5.91 Å². The van der Waals surface area contributed by atoms with Crippen molar-refractivity contribution >= 4 is 22.8 Å². The number of amides is 2. The maximum absolute atomic E-state index is 12.4. The van der Waals surface area contributed by atoms with Crippen LogP contribution in [0.15, 0.2) is 54.6 Å². The van der Waals surface area contributed by atoms with Gasteiger partial charge in [0.15, 0.2) is 0 Å². The molecule has 6 heteroatoms. The van der Waals surface area contributed by atoms with Crippen LogP contribution in [0.4, 0.5) is 0 Å². The summed E-state index contributed by atoms with van der Waals surface area (Å²) in [5, 5.41) is 5.96. The van der Waals surface area contributed by atoms with Crippen LogP contribution < -0.4 is 10.6 Å². The highest BCUT2D eigenvalue weighted by Gasteiger charge is 2.14. The summed E-state index contributed by atoms with van der Waals surface area (Å²) in [5.41, 5.74) is 2.49. The van der Waals surface area contributed by atoms with Crippen LogP contribution in [-0.4, -0.2) is 34.0 Å². The van der Waals surface area contributed by atoms with Crippen molar-refractivity contribution in [1.29, 1.82) is 0 Å². The molecule has 2 N–H and O–H groups in total. The van der Waals surface area contributed by atoms with Gasteiger partial charge >= 0.3 is 0 Å². The fraction of sp³-hybridized carbons (Fsp3) is 0.348. The van der Waals surface area contributed by atoms with Crippen LogP contribution in [-0.2, 0) is 17.8 Å². The molecule has 152 valence electrons. The number of carbonyl (C=O) groups is 2. The lowest BCUT2D eigenvalue weighted by molar-refractivity contribution is -0.122. The summed E-state index contributed by atoms with van der Waals surface area (Å²) in [6.45, 7) is 4.85. The van der Waals surface area contributed by atoms with Crippen LogP contribution in [0.1, 0.15) is 42.9 Å². The van der Waals surface area contributed by atoms with Gasteiger partial charge < -0.3 is 15.2 Å². The summed E-state index contributed by atoms with van der Waals surface area (Å²) in [6.07, 6.45) is 2.32. The highest BCUT2D eigenvalue weighted by atomic mass is 16.2. The number of fused-ring (bicyclic) bond motifs is 1. The zero-order valence-corrected chi connectivity index (χ0v) is 17.0. The van der Waals surface area contributed by atoms with Crippen molar-refractivity contribution in [2.75, 3.05) is 6.54 Å². The van der Waals surface area contributed by atoms with Gasteiger partial charge in [-0.2, -0.15) is 0 Å². The third-order valence-electron chi connectivity index (χ3n) is 4.95. The number of para-hydroxylation sites is 2. The van der Waals surface area contributed by atoms with E-state index in [0.29, 0.717) is 18.5 Å². The molecule has 0 aliphatic rings. The van der Waals surface area contributed by atoms with Gasteiger partial charge in [-0.3, -0.25) is 9.59 Å². The van der Waals surface area contributed by atoms with Crippen molar-refractivity contribution < 1.29 is 9.59 Å². The van der Waals surface area contributed by atoms with Crippen LogP contribution in [0.25, 0.3) is 11.0 Å². The van der Waals surface area contributed by atoms with E-state index in [-0.39, 0.29) is 24.4 Å². The fourth-order valence-corrected chi connectivity index (χ4v) is 3.20. The van der Waals surface area contributed by atoms with Gasteiger partial charge in [0.25, 0.3) is 5.91 Å². The predicted molar refractivity (Wildman–Crippen MR) is 115 cm³/mol. The lowest BCUT2D eigenvalue weighted by Crippen LogP contribution is -2.35. The van der Waals surface area contributed by atoms with Crippen molar-refractivity contribution in [2.45, 2.75) is 45.7 Å². The van der Waals surface area contributed by atoms with Gasteiger partial charge in [0.05, 0.1) is 11.0 Å². The molecule has 0 aliphatic carbocycles. The maximum atomic E-state index is 12.4. The Balaban J connectivity index is 1.64. The largest absolute Gasteiger partial charge is 0.352 e. The van der Waals surface area contributed by atoms with Crippen molar-refractivity contribution in [3.05, 3.63) is 66.0 Å². The van der Waals surface area contributed by atoms with E-state index < -0.39 is 0 Å². The number of aromatic nitrogens is 2. The summed E-state index contributed by atoms with van der Waals surface area (Å²) in [7, 11) is 0. The van der Waals surface area contributed by atoms with Gasteiger partial charge in [-0.05, 0) is 44.0 Å². The number of rotatable bonds is 9. The van der Waals surface area contributed by atoms with Crippen molar-refractivity contribution in [3.63, 3.8) is 0 Å². The Hall–Kier alpha value is -3.15. The molecular formula is C23H28N4O2. The number of carbonyl (C=O) groups excluding carboxylic acids is 2. The number of aryl methyl sites for hydroxylation is 1. The van der Waals surface area contributed by atoms with Crippen molar-refractivity contribution in [3.8, 4) is 0 Å². The molecule has 6 nitrogen and oxygen atoms in total. The second-order valence-electron chi connectivity index (χ2n) is 7.21. The molecule has 1 aromatic heterocycles. The molecule has 3 aromatic rings. The molecule has 1 unspecified atom stereocenters. The Morgan fingerprint density at radius 2 is 1.79 bits per heavy atom. The second-order valence-corrected chi connectivity index (χ2v) is 7.21. The number of nitrogens with one attached hydrogen (secondary N) is 2. The Labute approximate surface area is 171 Å². The van der Waals surface area contributed by atoms with E-state index in [4.69, 9.17) is 4.98 Å². The molecule has 0 saturated heterocycles. The molecule has 0 spiro atoms. The summed E-state index contributed by atoms with van der Waals surface area (Å²) in [5.74, 6) is 0.771. The average Bonchev–Trinajstić information content (AvgIpc) is 3.08. The fourth-order valence-electron chi connectivity index (χ4n) is 3.20. The summed E-state index contributed by atoms with van der Waals surface area (Å²) in [4.78, 5) is 29.3. The van der Waals surface area contributed by atoms with Gasteiger partial charge in [-0.25, -0.2) is 4.98 Å². The molecule has 1 heterocycles. The predicted octanol–water partition coefficient (Wildman–Crippen LogP) is 3.31. The Kier molecular flexibility index (Phi) is 7.00. The minimum Gasteiger partial charge on any atom is -0.352 e. The standard InChI is InChI=1S/C23H28N4O2/c1-3-17(2)25-22(28)16-27-20-13-8-7-12-19(20)26-21(27)14-9-15-24-23(29)18-10-5-4-6-11-18/h4-8,10-13,17H,3,9,14-16H2,1-2H3,(H,24,29)(H,25,28). The van der Waals surface area contributed by atoms with E-state index in [0.717, 1.165) is 29.7 Å². The van der Waals surface area contributed by atoms with E-state index in [2.05, 4.69) is 10.6 Å². The Morgan fingerprint density at radius 1 is 1.07 bits per heavy atom. The minimum absolute atomic E-state index is 0.0128. The van der Waals surface area contributed by atoms with Gasteiger partial charge in [0.1, 0.15) is 12.4 Å². The molecule has 29 heavy (non-hydrogen) atoms. The monoisotopic (exact) mass is 392 g/mol. The SMILES string of the molecule is CCC(C)NC(=O)Cn1c(CCCNC(=O)c2ccccc2)nc2ccccc21. The third-order valence-corrected chi connectivity index (χ3v) is 4.95. The van der Waals surface area contributed by atoms with Crippen LogP contribution in [0.3, 0.4) is 0 Å². The zero-order chi connectivity index (χ0) is 20.6. The zero-order valence-electron chi connectivity index (χ0n) is 17.0. The summed E-state index contributed by atoms with van der Waals surface area (Å²) in [6, 6.07) is 17.2. The first-order chi connectivity index (χ1) is 14.1. The molecule has 2 aromatic carbocycles. The molecule has 1 atom stereocenters. The molecule has 0 aliphatic heterocycles. The molecule has 0 bridgehead atoms.